The Kier molecular flexibility index (Phi) is 4.18. The number of nitrogens with two attached hydrogens (primary N) is 1. The van der Waals surface area contributed by atoms with Gasteiger partial charge in [0.1, 0.15) is 11.6 Å². The Labute approximate surface area is 108 Å². The van der Waals surface area contributed by atoms with Gasteiger partial charge < -0.3 is 10.7 Å². The number of hydrogen-bond donors (Lipinski definition) is 3. The molecule has 0 spiro atoms. The minimum absolute atomic E-state index is 0.608. The van der Waals surface area contributed by atoms with Crippen LogP contribution in [0.5, 0.6) is 0 Å². The largest absolute Gasteiger partial charge is 0.366 e. The average Bonchev–Trinajstić information content (AvgIpc) is 2.89. The first kappa shape index (κ1) is 12.2. The molecule has 2 heterocycles. The number of nitrogen functional groups attached to an aromatic ring is 1. The number of rotatable bonds is 5. The molecule has 2 aromatic heterocycles. The van der Waals surface area contributed by atoms with Gasteiger partial charge in [0, 0.05) is 12.6 Å². The van der Waals surface area contributed by atoms with E-state index < -0.39 is 0 Å². The zero-order valence-electron chi connectivity index (χ0n) is 9.30. The molecule has 2 aromatic rings. The first-order valence-electron chi connectivity index (χ1n) is 4.96. The van der Waals surface area contributed by atoms with Crippen molar-refractivity contribution in [2.45, 2.75) is 11.7 Å². The molecule has 0 amide bonds. The smallest absolute Gasteiger partial charge is 0.191 e. The van der Waals surface area contributed by atoms with Gasteiger partial charge in [-0.3, -0.25) is 0 Å². The summed E-state index contributed by atoms with van der Waals surface area (Å²) in [5, 5.41) is 8.09. The summed E-state index contributed by atoms with van der Waals surface area (Å²) in [5.41, 5.74) is 3.77. The van der Waals surface area contributed by atoms with Gasteiger partial charge in [0.2, 0.25) is 0 Å². The lowest BCUT2D eigenvalue weighted by Gasteiger charge is -2.07. The van der Waals surface area contributed by atoms with Crippen LogP contribution in [0, 0.1) is 0 Å². The molecule has 5 nitrogen and oxygen atoms in total. The van der Waals surface area contributed by atoms with Gasteiger partial charge in [-0.2, -0.15) is 11.3 Å². The van der Waals surface area contributed by atoms with Gasteiger partial charge in [-0.25, -0.2) is 15.8 Å². The molecule has 0 aromatic carbocycles. The molecule has 2 rings (SSSR count). The maximum Gasteiger partial charge on any atom is 0.191 e. The van der Waals surface area contributed by atoms with E-state index in [1.807, 2.05) is 6.26 Å². The number of aromatic nitrogens is 2. The Morgan fingerprint density at radius 3 is 2.88 bits per heavy atom. The molecule has 17 heavy (non-hydrogen) atoms. The van der Waals surface area contributed by atoms with Gasteiger partial charge in [0.25, 0.3) is 0 Å². The lowest BCUT2D eigenvalue weighted by molar-refractivity contribution is 0.954. The van der Waals surface area contributed by atoms with Crippen LogP contribution in [-0.4, -0.2) is 16.2 Å². The summed E-state index contributed by atoms with van der Waals surface area (Å²) in [6.45, 7) is 0.748. The molecule has 0 saturated carbocycles. The van der Waals surface area contributed by atoms with E-state index in [-0.39, 0.29) is 0 Å². The number of anilines is 2. The van der Waals surface area contributed by atoms with Crippen LogP contribution < -0.4 is 16.6 Å². The van der Waals surface area contributed by atoms with Crippen molar-refractivity contribution in [1.82, 2.24) is 9.97 Å². The number of hydrogen-bond acceptors (Lipinski definition) is 7. The summed E-state index contributed by atoms with van der Waals surface area (Å²) >= 11 is 3.16. The first-order valence-corrected chi connectivity index (χ1v) is 7.13. The highest BCUT2D eigenvalue weighted by Gasteiger charge is 2.03. The van der Waals surface area contributed by atoms with Crippen LogP contribution in [0.4, 0.5) is 11.6 Å². The van der Waals surface area contributed by atoms with E-state index in [1.54, 1.807) is 17.4 Å². The number of nitrogens with one attached hydrogen (secondary N) is 2. The monoisotopic (exact) mass is 267 g/mol. The molecule has 0 atom stereocenters. The minimum Gasteiger partial charge on any atom is -0.366 e. The van der Waals surface area contributed by atoms with E-state index in [0.29, 0.717) is 11.0 Å². The number of nitrogens with zero attached hydrogens (tertiary/aromatic N) is 2. The minimum atomic E-state index is 0.608. The Morgan fingerprint density at radius 1 is 1.41 bits per heavy atom. The van der Waals surface area contributed by atoms with E-state index in [1.165, 1.54) is 17.3 Å². The molecule has 0 aliphatic heterocycles. The van der Waals surface area contributed by atoms with Crippen molar-refractivity contribution in [3.05, 3.63) is 28.5 Å². The van der Waals surface area contributed by atoms with Crippen molar-refractivity contribution in [2.24, 2.45) is 5.84 Å². The predicted molar refractivity (Wildman–Crippen MR) is 73.3 cm³/mol. The fourth-order valence-electron chi connectivity index (χ4n) is 1.27. The number of thiophene rings is 1. The third kappa shape index (κ3) is 3.32. The fourth-order valence-corrected chi connectivity index (χ4v) is 2.31. The number of hydrazine groups is 1. The summed E-state index contributed by atoms with van der Waals surface area (Å²) in [7, 11) is 0. The highest BCUT2D eigenvalue weighted by atomic mass is 32.2. The summed E-state index contributed by atoms with van der Waals surface area (Å²) in [5.74, 6) is 6.73. The maximum atomic E-state index is 5.36. The van der Waals surface area contributed by atoms with Crippen LogP contribution in [0.15, 0.2) is 28.0 Å². The molecule has 0 radical (unpaired) electrons. The van der Waals surface area contributed by atoms with Gasteiger partial charge in [0.05, 0.1) is 0 Å². The molecule has 0 aliphatic rings. The lowest BCUT2D eigenvalue weighted by atomic mass is 10.3. The summed E-state index contributed by atoms with van der Waals surface area (Å²) in [6.07, 6.45) is 1.93. The van der Waals surface area contributed by atoms with Gasteiger partial charge in [-0.15, -0.1) is 0 Å². The normalized spacial score (nSPS) is 10.2. The van der Waals surface area contributed by atoms with Crippen molar-refractivity contribution in [3.63, 3.8) is 0 Å². The maximum absolute atomic E-state index is 5.36. The van der Waals surface area contributed by atoms with Crippen molar-refractivity contribution in [2.75, 3.05) is 17.0 Å². The second-order valence-corrected chi connectivity index (χ2v) is 4.81. The van der Waals surface area contributed by atoms with Crippen molar-refractivity contribution >= 4 is 34.7 Å². The Hall–Kier alpha value is -1.31. The molecule has 0 bridgehead atoms. The van der Waals surface area contributed by atoms with E-state index in [9.17, 15) is 0 Å². The highest BCUT2D eigenvalue weighted by Crippen LogP contribution is 2.17. The zero-order valence-corrected chi connectivity index (χ0v) is 10.9. The standard InChI is InChI=1S/C10H13N5S2/c1-16-10-13-8(4-9(14-10)15-11)12-5-7-2-3-17-6-7/h2-4,6H,5,11H2,1H3,(H2,12,13,14,15). The van der Waals surface area contributed by atoms with E-state index in [0.717, 1.165) is 12.4 Å². The highest BCUT2D eigenvalue weighted by molar-refractivity contribution is 7.98. The molecule has 4 N–H and O–H groups in total. The summed E-state index contributed by atoms with van der Waals surface area (Å²) < 4.78 is 0. The fraction of sp³-hybridized carbons (Fsp3) is 0.200. The predicted octanol–water partition coefficient (Wildman–Crippen LogP) is 2.16. The van der Waals surface area contributed by atoms with Crippen LogP contribution in [0.25, 0.3) is 0 Å². The molecule has 90 valence electrons. The second-order valence-electron chi connectivity index (χ2n) is 3.25. The first-order chi connectivity index (χ1) is 8.31. The molecule has 0 unspecified atom stereocenters. The van der Waals surface area contributed by atoms with Gasteiger partial charge in [-0.05, 0) is 28.6 Å². The van der Waals surface area contributed by atoms with Crippen molar-refractivity contribution in [1.29, 1.82) is 0 Å². The van der Waals surface area contributed by atoms with E-state index in [4.69, 9.17) is 5.84 Å². The second kappa shape index (κ2) is 5.85. The van der Waals surface area contributed by atoms with E-state index >= 15 is 0 Å². The SMILES string of the molecule is CSc1nc(NN)cc(NCc2ccsc2)n1. The van der Waals surface area contributed by atoms with Crippen molar-refractivity contribution < 1.29 is 0 Å². The van der Waals surface area contributed by atoms with Crippen molar-refractivity contribution in [3.8, 4) is 0 Å². The molecular formula is C10H13N5S2. The lowest BCUT2D eigenvalue weighted by Crippen LogP contribution is -2.11. The van der Waals surface area contributed by atoms with Crippen LogP contribution in [0.1, 0.15) is 5.56 Å². The molecule has 0 saturated heterocycles. The molecule has 7 heteroatoms. The quantitative estimate of drug-likeness (QED) is 0.333. The van der Waals surface area contributed by atoms with Gasteiger partial charge in [-0.1, -0.05) is 11.8 Å². The molecular weight excluding hydrogens is 254 g/mol. The van der Waals surface area contributed by atoms with Crippen LogP contribution in [-0.2, 0) is 6.54 Å². The van der Waals surface area contributed by atoms with Crippen LogP contribution in [0.2, 0.25) is 0 Å². The van der Waals surface area contributed by atoms with Gasteiger partial charge in [0.15, 0.2) is 5.16 Å². The Balaban J connectivity index is 2.09. The van der Waals surface area contributed by atoms with Crippen LogP contribution in [0.3, 0.4) is 0 Å². The van der Waals surface area contributed by atoms with Gasteiger partial charge >= 0.3 is 0 Å². The zero-order chi connectivity index (χ0) is 12.1. The number of thioether (sulfide) groups is 1. The summed E-state index contributed by atoms with van der Waals surface area (Å²) in [6, 6.07) is 3.86. The molecule has 0 fully saturated rings. The summed E-state index contributed by atoms with van der Waals surface area (Å²) in [4.78, 5) is 8.54. The third-order valence-electron chi connectivity index (χ3n) is 2.09. The molecule has 0 aliphatic carbocycles. The Morgan fingerprint density at radius 2 is 2.24 bits per heavy atom. The average molecular weight is 267 g/mol. The topological polar surface area (TPSA) is 75.9 Å². The van der Waals surface area contributed by atoms with Crippen LogP contribution >= 0.6 is 23.1 Å². The Bertz CT molecular complexity index is 449. The third-order valence-corrected chi connectivity index (χ3v) is 3.37. The van der Waals surface area contributed by atoms with E-state index in [2.05, 4.69) is 37.5 Å².